The summed E-state index contributed by atoms with van der Waals surface area (Å²) >= 11 is 1.09. The van der Waals surface area contributed by atoms with Gasteiger partial charge < -0.3 is 4.90 Å². The highest BCUT2D eigenvalue weighted by Gasteiger charge is 2.26. The van der Waals surface area contributed by atoms with Gasteiger partial charge in [0.25, 0.3) is 15.9 Å². The lowest BCUT2D eigenvalue weighted by Gasteiger charge is -2.26. The molecule has 1 saturated heterocycles. The Labute approximate surface area is 130 Å². The van der Waals surface area contributed by atoms with Crippen LogP contribution in [0.5, 0.6) is 0 Å². The molecule has 0 bridgehead atoms. The van der Waals surface area contributed by atoms with E-state index in [1.165, 1.54) is 6.07 Å². The molecule has 21 heavy (non-hydrogen) atoms. The lowest BCUT2D eigenvalue weighted by molar-refractivity contribution is 0.0725. The monoisotopic (exact) mass is 330 g/mol. The SMILES string of the molecule is CC(C)(C)NS(=O)(=O)c1cc(C(=O)N2CCCCC2)cs1. The van der Waals surface area contributed by atoms with E-state index < -0.39 is 15.6 Å². The van der Waals surface area contributed by atoms with Crippen LogP contribution in [0.4, 0.5) is 0 Å². The molecule has 0 radical (unpaired) electrons. The number of thiophene rings is 1. The summed E-state index contributed by atoms with van der Waals surface area (Å²) in [6.07, 6.45) is 3.20. The van der Waals surface area contributed by atoms with Crippen molar-refractivity contribution in [2.45, 2.75) is 49.8 Å². The van der Waals surface area contributed by atoms with Crippen molar-refractivity contribution in [2.24, 2.45) is 0 Å². The first-order valence-electron chi connectivity index (χ1n) is 7.11. The van der Waals surface area contributed by atoms with Crippen molar-refractivity contribution in [1.29, 1.82) is 0 Å². The number of amides is 1. The molecular formula is C14H22N2O3S2. The van der Waals surface area contributed by atoms with E-state index in [9.17, 15) is 13.2 Å². The number of nitrogens with one attached hydrogen (secondary N) is 1. The third kappa shape index (κ3) is 4.28. The highest BCUT2D eigenvalue weighted by Crippen LogP contribution is 2.23. The van der Waals surface area contributed by atoms with Gasteiger partial charge in [-0.2, -0.15) is 0 Å². The Morgan fingerprint density at radius 3 is 2.43 bits per heavy atom. The molecule has 0 unspecified atom stereocenters. The maximum absolute atomic E-state index is 12.3. The summed E-state index contributed by atoms with van der Waals surface area (Å²) < 4.78 is 27.3. The number of hydrogen-bond donors (Lipinski definition) is 1. The Balaban J connectivity index is 2.16. The third-order valence-electron chi connectivity index (χ3n) is 3.17. The van der Waals surface area contributed by atoms with Crippen LogP contribution in [-0.2, 0) is 10.0 Å². The first-order chi connectivity index (χ1) is 9.69. The van der Waals surface area contributed by atoms with Gasteiger partial charge in [0.15, 0.2) is 0 Å². The summed E-state index contributed by atoms with van der Waals surface area (Å²) in [7, 11) is -3.56. The Morgan fingerprint density at radius 2 is 1.86 bits per heavy atom. The van der Waals surface area contributed by atoms with Crippen LogP contribution in [0.1, 0.15) is 50.4 Å². The van der Waals surface area contributed by atoms with E-state index in [4.69, 9.17) is 0 Å². The van der Waals surface area contributed by atoms with Crippen molar-refractivity contribution >= 4 is 27.3 Å². The van der Waals surface area contributed by atoms with Crippen molar-refractivity contribution in [3.05, 3.63) is 17.0 Å². The zero-order chi connectivity index (χ0) is 15.7. The van der Waals surface area contributed by atoms with E-state index in [0.29, 0.717) is 5.56 Å². The number of likely N-dealkylation sites (tertiary alicyclic amines) is 1. The molecule has 0 aliphatic carbocycles. The molecule has 118 valence electrons. The average molecular weight is 330 g/mol. The number of carbonyl (C=O) groups excluding carboxylic acids is 1. The summed E-state index contributed by atoms with van der Waals surface area (Å²) in [4.78, 5) is 14.1. The molecule has 2 rings (SSSR count). The topological polar surface area (TPSA) is 66.5 Å². The number of nitrogens with zero attached hydrogens (tertiary/aromatic N) is 1. The van der Waals surface area contributed by atoms with Gasteiger partial charge in [-0.15, -0.1) is 11.3 Å². The molecule has 5 nitrogen and oxygen atoms in total. The second kappa shape index (κ2) is 6.06. The zero-order valence-corrected chi connectivity index (χ0v) is 14.3. The molecule has 0 aromatic carbocycles. The van der Waals surface area contributed by atoms with Crippen LogP contribution < -0.4 is 4.72 Å². The Hall–Kier alpha value is -0.920. The molecule has 1 fully saturated rings. The minimum absolute atomic E-state index is 0.0665. The lowest BCUT2D eigenvalue weighted by atomic mass is 10.1. The van der Waals surface area contributed by atoms with Crippen LogP contribution in [-0.4, -0.2) is 37.9 Å². The van der Waals surface area contributed by atoms with Crippen molar-refractivity contribution in [2.75, 3.05) is 13.1 Å². The van der Waals surface area contributed by atoms with Crippen LogP contribution in [0, 0.1) is 0 Å². The largest absolute Gasteiger partial charge is 0.339 e. The lowest BCUT2D eigenvalue weighted by Crippen LogP contribution is -2.40. The fourth-order valence-electron chi connectivity index (χ4n) is 2.30. The van der Waals surface area contributed by atoms with Gasteiger partial charge in [0, 0.05) is 24.0 Å². The molecule has 0 spiro atoms. The van der Waals surface area contributed by atoms with Gasteiger partial charge in [0.1, 0.15) is 4.21 Å². The maximum atomic E-state index is 12.3. The minimum atomic E-state index is -3.56. The van der Waals surface area contributed by atoms with E-state index in [-0.39, 0.29) is 10.1 Å². The molecule has 1 amide bonds. The third-order valence-corrected chi connectivity index (χ3v) is 6.37. The van der Waals surface area contributed by atoms with Crippen molar-refractivity contribution < 1.29 is 13.2 Å². The standard InChI is InChI=1S/C14H22N2O3S2/c1-14(2,3)15-21(18,19)12-9-11(10-20-12)13(17)16-7-5-4-6-8-16/h9-10,15H,4-8H2,1-3H3. The van der Waals surface area contributed by atoms with E-state index in [1.807, 2.05) is 0 Å². The first kappa shape index (κ1) is 16.5. The van der Waals surface area contributed by atoms with Gasteiger partial charge in [0.2, 0.25) is 0 Å². The number of carbonyl (C=O) groups is 1. The zero-order valence-electron chi connectivity index (χ0n) is 12.7. The van der Waals surface area contributed by atoms with Crippen LogP contribution in [0.25, 0.3) is 0 Å². The maximum Gasteiger partial charge on any atom is 0.254 e. The van der Waals surface area contributed by atoms with Crippen molar-refractivity contribution in [3.8, 4) is 0 Å². The van der Waals surface area contributed by atoms with Crippen LogP contribution in [0.15, 0.2) is 15.7 Å². The predicted molar refractivity (Wildman–Crippen MR) is 84.1 cm³/mol. The quantitative estimate of drug-likeness (QED) is 0.926. The number of rotatable bonds is 3. The van der Waals surface area contributed by atoms with E-state index in [1.54, 1.807) is 31.1 Å². The summed E-state index contributed by atoms with van der Waals surface area (Å²) in [5.41, 5.74) is -0.0731. The summed E-state index contributed by atoms with van der Waals surface area (Å²) in [5, 5.41) is 1.63. The van der Waals surface area contributed by atoms with Crippen LogP contribution in [0.2, 0.25) is 0 Å². The fourth-order valence-corrected chi connectivity index (χ4v) is 4.87. The van der Waals surface area contributed by atoms with Gasteiger partial charge in [-0.3, -0.25) is 4.79 Å². The molecule has 1 aliphatic heterocycles. The normalized spacial score (nSPS) is 17.0. The van der Waals surface area contributed by atoms with E-state index >= 15 is 0 Å². The smallest absolute Gasteiger partial charge is 0.254 e. The van der Waals surface area contributed by atoms with Crippen LogP contribution >= 0.6 is 11.3 Å². The highest BCUT2D eigenvalue weighted by molar-refractivity contribution is 7.91. The van der Waals surface area contributed by atoms with Crippen molar-refractivity contribution in [1.82, 2.24) is 9.62 Å². The van der Waals surface area contributed by atoms with Crippen molar-refractivity contribution in [3.63, 3.8) is 0 Å². The second-order valence-corrected chi connectivity index (χ2v) is 9.18. The van der Waals surface area contributed by atoms with Gasteiger partial charge in [-0.05, 0) is 46.1 Å². The Morgan fingerprint density at radius 1 is 1.24 bits per heavy atom. The first-order valence-corrected chi connectivity index (χ1v) is 9.47. The molecule has 1 aromatic rings. The molecule has 7 heteroatoms. The van der Waals surface area contributed by atoms with Gasteiger partial charge in [-0.1, -0.05) is 0 Å². The second-order valence-electron chi connectivity index (χ2n) is 6.36. The Kier molecular flexibility index (Phi) is 4.75. The van der Waals surface area contributed by atoms with E-state index in [0.717, 1.165) is 43.7 Å². The molecule has 1 aliphatic rings. The molecular weight excluding hydrogens is 308 g/mol. The predicted octanol–water partition coefficient (Wildman–Crippen LogP) is 2.45. The number of piperidine rings is 1. The summed E-state index contributed by atoms with van der Waals surface area (Å²) in [6.45, 7) is 6.89. The molecule has 1 aromatic heterocycles. The van der Waals surface area contributed by atoms with E-state index in [2.05, 4.69) is 4.72 Å². The van der Waals surface area contributed by atoms with Crippen LogP contribution in [0.3, 0.4) is 0 Å². The number of sulfonamides is 1. The minimum Gasteiger partial charge on any atom is -0.339 e. The summed E-state index contributed by atoms with van der Waals surface area (Å²) in [6, 6.07) is 1.48. The van der Waals surface area contributed by atoms with Gasteiger partial charge in [-0.25, -0.2) is 13.1 Å². The average Bonchev–Trinajstić information content (AvgIpc) is 2.86. The molecule has 0 atom stereocenters. The highest BCUT2D eigenvalue weighted by atomic mass is 32.2. The van der Waals surface area contributed by atoms with Gasteiger partial charge in [0.05, 0.1) is 5.56 Å². The fraction of sp³-hybridized carbons (Fsp3) is 0.643. The molecule has 0 saturated carbocycles. The molecule has 1 N–H and O–H groups in total. The molecule has 2 heterocycles. The van der Waals surface area contributed by atoms with Gasteiger partial charge >= 0.3 is 0 Å². The number of hydrogen-bond acceptors (Lipinski definition) is 4. The summed E-state index contributed by atoms with van der Waals surface area (Å²) in [5.74, 6) is -0.0665. The Bertz CT molecular complexity index is 608.